The monoisotopic (exact) mass is 240 g/mol. The van der Waals surface area contributed by atoms with E-state index in [1.807, 2.05) is 0 Å². The molecule has 1 saturated heterocycles. The van der Waals surface area contributed by atoms with E-state index in [-0.39, 0.29) is 5.60 Å². The summed E-state index contributed by atoms with van der Waals surface area (Å²) in [6, 6.07) is 0. The molecule has 4 heteroatoms. The van der Waals surface area contributed by atoms with E-state index in [0.717, 1.165) is 6.54 Å². The predicted molar refractivity (Wildman–Crippen MR) is 41.9 cm³/mol. The third-order valence-corrected chi connectivity index (χ3v) is 4.38. The Hall–Kier alpha value is 0.610. The molecular formula is C5H9IN2O. The van der Waals surface area contributed by atoms with Gasteiger partial charge in [0.05, 0.1) is 0 Å². The normalized spacial score (nSPS) is 56.7. The van der Waals surface area contributed by atoms with E-state index in [1.54, 1.807) is 0 Å². The summed E-state index contributed by atoms with van der Waals surface area (Å²) in [6.45, 7) is 3.16. The van der Waals surface area contributed by atoms with Crippen LogP contribution in [-0.2, 0) is 4.84 Å². The lowest BCUT2D eigenvalue weighted by atomic mass is 10.3. The van der Waals surface area contributed by atoms with Crippen molar-refractivity contribution in [2.75, 3.05) is 6.54 Å². The highest BCUT2D eigenvalue weighted by Gasteiger charge is 2.64. The first-order valence-electron chi connectivity index (χ1n) is 3.07. The van der Waals surface area contributed by atoms with Gasteiger partial charge in [0.25, 0.3) is 0 Å². The fourth-order valence-electron chi connectivity index (χ4n) is 1.29. The number of hydrogen-bond donors (Lipinski definition) is 2. The molecule has 0 bridgehead atoms. The van der Waals surface area contributed by atoms with Crippen LogP contribution in [0.15, 0.2) is 0 Å². The average Bonchev–Trinajstić information content (AvgIpc) is 2.44. The maximum absolute atomic E-state index is 5.31. The molecule has 0 radical (unpaired) electrons. The maximum Gasteiger partial charge on any atom is 0.121 e. The van der Waals surface area contributed by atoms with Crippen LogP contribution >= 0.6 is 22.6 Å². The van der Waals surface area contributed by atoms with E-state index in [2.05, 4.69) is 40.5 Å². The van der Waals surface area contributed by atoms with Crippen molar-refractivity contribution < 1.29 is 4.84 Å². The molecular weight excluding hydrogens is 231 g/mol. The minimum Gasteiger partial charge on any atom is -0.278 e. The number of hydrogen-bond acceptors (Lipinski definition) is 3. The van der Waals surface area contributed by atoms with Crippen molar-refractivity contribution in [1.82, 2.24) is 11.0 Å². The van der Waals surface area contributed by atoms with Crippen LogP contribution in [0.4, 0.5) is 0 Å². The SMILES string of the molecule is CC1C(I)C12CNNO2. The van der Waals surface area contributed by atoms with Crippen LogP contribution in [0.25, 0.3) is 0 Å². The average molecular weight is 240 g/mol. The highest BCUT2D eigenvalue weighted by Crippen LogP contribution is 2.52. The summed E-state index contributed by atoms with van der Waals surface area (Å²) in [4.78, 5) is 5.31. The molecule has 0 amide bonds. The number of nitrogens with one attached hydrogen (secondary N) is 2. The van der Waals surface area contributed by atoms with E-state index in [4.69, 9.17) is 4.84 Å². The molecule has 3 nitrogen and oxygen atoms in total. The Bertz CT molecular complexity index is 125. The standard InChI is InChI=1S/C5H9IN2O/c1-3-4(6)5(3)2-7-8-9-5/h3-4,7-8H,2H2,1H3. The first-order chi connectivity index (χ1) is 4.27. The molecule has 2 fully saturated rings. The number of hydrazine groups is 1. The molecule has 1 spiro atoms. The Kier molecular flexibility index (Phi) is 1.27. The summed E-state index contributed by atoms with van der Waals surface area (Å²) < 4.78 is 0.678. The third kappa shape index (κ3) is 0.675. The van der Waals surface area contributed by atoms with Crippen molar-refractivity contribution in [2.45, 2.75) is 16.4 Å². The van der Waals surface area contributed by atoms with Gasteiger partial charge in [0, 0.05) is 16.4 Å². The number of alkyl halides is 1. The summed E-state index contributed by atoms with van der Waals surface area (Å²) in [5.41, 5.74) is 5.77. The molecule has 0 aromatic carbocycles. The molecule has 1 aliphatic heterocycles. The molecule has 2 N–H and O–H groups in total. The van der Waals surface area contributed by atoms with Crippen LogP contribution in [0.1, 0.15) is 6.92 Å². The largest absolute Gasteiger partial charge is 0.278 e. The quantitative estimate of drug-likeness (QED) is 0.469. The van der Waals surface area contributed by atoms with Gasteiger partial charge in [-0.3, -0.25) is 4.84 Å². The van der Waals surface area contributed by atoms with Crippen LogP contribution in [0, 0.1) is 5.92 Å². The van der Waals surface area contributed by atoms with E-state index in [1.165, 1.54) is 0 Å². The van der Waals surface area contributed by atoms with Crippen molar-refractivity contribution in [2.24, 2.45) is 5.92 Å². The Morgan fingerprint density at radius 1 is 1.78 bits per heavy atom. The van der Waals surface area contributed by atoms with E-state index < -0.39 is 0 Å². The van der Waals surface area contributed by atoms with Gasteiger partial charge in [-0.15, -0.1) is 5.59 Å². The maximum atomic E-state index is 5.31. The van der Waals surface area contributed by atoms with Crippen LogP contribution < -0.4 is 11.0 Å². The van der Waals surface area contributed by atoms with Crippen molar-refractivity contribution in [3.05, 3.63) is 0 Å². The zero-order valence-electron chi connectivity index (χ0n) is 5.15. The minimum atomic E-state index is 0.126. The molecule has 1 aliphatic carbocycles. The summed E-state index contributed by atoms with van der Waals surface area (Å²) in [5.74, 6) is 0.695. The van der Waals surface area contributed by atoms with Gasteiger partial charge >= 0.3 is 0 Å². The van der Waals surface area contributed by atoms with Crippen molar-refractivity contribution >= 4 is 22.6 Å². The second kappa shape index (κ2) is 1.81. The summed E-state index contributed by atoms with van der Waals surface area (Å²) in [6.07, 6.45) is 0. The summed E-state index contributed by atoms with van der Waals surface area (Å²) in [5, 5.41) is 0. The van der Waals surface area contributed by atoms with Gasteiger partial charge in [0.1, 0.15) is 5.60 Å². The second-order valence-electron chi connectivity index (χ2n) is 2.70. The Morgan fingerprint density at radius 2 is 2.44 bits per heavy atom. The van der Waals surface area contributed by atoms with Gasteiger partial charge in [-0.05, 0) is 0 Å². The molecule has 9 heavy (non-hydrogen) atoms. The van der Waals surface area contributed by atoms with E-state index >= 15 is 0 Å². The minimum absolute atomic E-state index is 0.126. The molecule has 1 heterocycles. The van der Waals surface area contributed by atoms with Gasteiger partial charge < -0.3 is 0 Å². The number of rotatable bonds is 0. The highest BCUT2D eigenvalue weighted by molar-refractivity contribution is 14.1. The van der Waals surface area contributed by atoms with Gasteiger partial charge in [-0.25, -0.2) is 5.43 Å². The Balaban J connectivity index is 2.11. The lowest BCUT2D eigenvalue weighted by Crippen LogP contribution is -2.20. The molecule has 52 valence electrons. The smallest absolute Gasteiger partial charge is 0.121 e. The first-order valence-corrected chi connectivity index (χ1v) is 4.32. The zero-order valence-corrected chi connectivity index (χ0v) is 7.31. The highest BCUT2D eigenvalue weighted by atomic mass is 127. The molecule has 1 saturated carbocycles. The fraction of sp³-hybridized carbons (Fsp3) is 1.00. The molecule has 2 aliphatic rings. The third-order valence-electron chi connectivity index (χ3n) is 2.25. The van der Waals surface area contributed by atoms with Crippen LogP contribution in [-0.4, -0.2) is 16.1 Å². The Labute approximate surface area is 67.6 Å². The molecule has 0 aromatic heterocycles. The van der Waals surface area contributed by atoms with Crippen LogP contribution in [0.3, 0.4) is 0 Å². The summed E-state index contributed by atoms with van der Waals surface area (Å²) >= 11 is 2.43. The van der Waals surface area contributed by atoms with Gasteiger partial charge in [-0.2, -0.15) is 0 Å². The first kappa shape index (κ1) is 6.33. The lowest BCUT2D eigenvalue weighted by molar-refractivity contribution is 0.00383. The second-order valence-corrected chi connectivity index (χ2v) is 4.05. The Morgan fingerprint density at radius 3 is 2.67 bits per heavy atom. The lowest BCUT2D eigenvalue weighted by Gasteiger charge is -2.00. The summed E-state index contributed by atoms with van der Waals surface area (Å²) in [7, 11) is 0. The molecule has 2 rings (SSSR count). The molecule has 3 atom stereocenters. The molecule has 3 unspecified atom stereocenters. The van der Waals surface area contributed by atoms with Gasteiger partial charge in [-0.1, -0.05) is 29.5 Å². The zero-order chi connectivity index (χ0) is 6.48. The van der Waals surface area contributed by atoms with Crippen LogP contribution in [0.2, 0.25) is 0 Å². The van der Waals surface area contributed by atoms with Crippen molar-refractivity contribution in [3.8, 4) is 0 Å². The topological polar surface area (TPSA) is 33.3 Å². The van der Waals surface area contributed by atoms with Crippen molar-refractivity contribution in [1.29, 1.82) is 0 Å². The van der Waals surface area contributed by atoms with Gasteiger partial charge in [0.2, 0.25) is 0 Å². The van der Waals surface area contributed by atoms with E-state index in [0.29, 0.717) is 9.84 Å². The van der Waals surface area contributed by atoms with Gasteiger partial charge in [0.15, 0.2) is 0 Å². The molecule has 0 aromatic rings. The number of halogens is 1. The van der Waals surface area contributed by atoms with Crippen molar-refractivity contribution in [3.63, 3.8) is 0 Å². The van der Waals surface area contributed by atoms with Crippen LogP contribution in [0.5, 0.6) is 0 Å². The fourth-order valence-corrected chi connectivity index (χ4v) is 2.61. The predicted octanol–water partition coefficient (Wildman–Crippen LogP) is 0.218. The van der Waals surface area contributed by atoms with E-state index in [9.17, 15) is 0 Å².